The lowest BCUT2D eigenvalue weighted by atomic mass is 10.2. The SMILES string of the molecule is C[C@H](Nc1n[nH]c(=O)[nH]c1=O)C(=O)N/N=C\c1ccc(Br)cc1. The van der Waals surface area contributed by atoms with Gasteiger partial charge in [-0.3, -0.25) is 14.6 Å². The summed E-state index contributed by atoms with van der Waals surface area (Å²) in [5.74, 6) is -0.630. The third-order valence-corrected chi connectivity index (χ3v) is 3.24. The summed E-state index contributed by atoms with van der Waals surface area (Å²) >= 11 is 3.32. The number of rotatable bonds is 5. The lowest BCUT2D eigenvalue weighted by molar-refractivity contribution is -0.121. The number of benzene rings is 1. The number of carbonyl (C=O) groups is 1. The van der Waals surface area contributed by atoms with Crippen molar-refractivity contribution in [1.29, 1.82) is 0 Å². The first-order chi connectivity index (χ1) is 11.0. The number of aromatic nitrogens is 3. The Labute approximate surface area is 138 Å². The summed E-state index contributed by atoms with van der Waals surface area (Å²) in [6.45, 7) is 1.52. The molecule has 2 rings (SSSR count). The van der Waals surface area contributed by atoms with Gasteiger partial charge in [-0.05, 0) is 24.6 Å². The van der Waals surface area contributed by atoms with E-state index in [-0.39, 0.29) is 5.82 Å². The van der Waals surface area contributed by atoms with Crippen LogP contribution in [0.1, 0.15) is 12.5 Å². The second-order valence-corrected chi connectivity index (χ2v) is 5.42. The molecule has 1 heterocycles. The van der Waals surface area contributed by atoms with Gasteiger partial charge in [0.2, 0.25) is 5.82 Å². The number of hydrogen-bond donors (Lipinski definition) is 4. The minimum Gasteiger partial charge on any atom is -0.353 e. The number of nitrogens with one attached hydrogen (secondary N) is 4. The van der Waals surface area contributed by atoms with Crippen LogP contribution in [0.4, 0.5) is 5.82 Å². The average molecular weight is 381 g/mol. The van der Waals surface area contributed by atoms with E-state index in [1.54, 1.807) is 0 Å². The monoisotopic (exact) mass is 380 g/mol. The van der Waals surface area contributed by atoms with Gasteiger partial charge in [-0.15, -0.1) is 5.10 Å². The molecule has 1 amide bonds. The molecule has 1 aromatic carbocycles. The van der Waals surface area contributed by atoms with E-state index in [1.807, 2.05) is 29.2 Å². The first kappa shape index (κ1) is 16.6. The number of H-pyrrole nitrogens is 2. The Hall–Kier alpha value is -2.75. The topological polar surface area (TPSA) is 132 Å². The molecule has 9 nitrogen and oxygen atoms in total. The highest BCUT2D eigenvalue weighted by Gasteiger charge is 2.14. The van der Waals surface area contributed by atoms with Crippen LogP contribution in [-0.2, 0) is 4.79 Å². The molecule has 0 radical (unpaired) electrons. The lowest BCUT2D eigenvalue weighted by Gasteiger charge is -2.11. The van der Waals surface area contributed by atoms with Gasteiger partial charge < -0.3 is 5.32 Å². The number of amides is 1. The fourth-order valence-electron chi connectivity index (χ4n) is 1.53. The minimum absolute atomic E-state index is 0.163. The van der Waals surface area contributed by atoms with Crippen molar-refractivity contribution in [1.82, 2.24) is 20.6 Å². The van der Waals surface area contributed by atoms with Crippen molar-refractivity contribution >= 4 is 33.9 Å². The first-order valence-corrected chi connectivity index (χ1v) is 7.29. The molecular formula is C13H13BrN6O3. The van der Waals surface area contributed by atoms with Crippen molar-refractivity contribution in [2.45, 2.75) is 13.0 Å². The summed E-state index contributed by atoms with van der Waals surface area (Å²) < 4.78 is 0.940. The first-order valence-electron chi connectivity index (χ1n) is 6.50. The van der Waals surface area contributed by atoms with Gasteiger partial charge in [-0.25, -0.2) is 15.3 Å². The standard InChI is InChI=1S/C13H13BrN6O3/c1-7(16-10-12(22)17-13(23)20-18-10)11(21)19-15-6-8-2-4-9(14)5-3-8/h2-7H,1H3,(H,16,18)(H,19,21)(H2,17,20,22,23)/b15-6-/t7-/m0/s1. The molecule has 0 fully saturated rings. The van der Waals surface area contributed by atoms with Crippen LogP contribution in [0, 0.1) is 0 Å². The van der Waals surface area contributed by atoms with E-state index >= 15 is 0 Å². The third kappa shape index (κ3) is 4.88. The van der Waals surface area contributed by atoms with E-state index in [0.717, 1.165) is 10.0 Å². The zero-order chi connectivity index (χ0) is 16.8. The van der Waals surface area contributed by atoms with Gasteiger partial charge in [0.1, 0.15) is 6.04 Å². The van der Waals surface area contributed by atoms with Crippen molar-refractivity contribution in [3.05, 3.63) is 55.1 Å². The maximum absolute atomic E-state index is 11.9. The molecule has 2 aromatic rings. The van der Waals surface area contributed by atoms with Crippen LogP contribution in [-0.4, -0.2) is 33.3 Å². The molecule has 23 heavy (non-hydrogen) atoms. The van der Waals surface area contributed by atoms with Gasteiger partial charge in [0.05, 0.1) is 6.21 Å². The van der Waals surface area contributed by atoms with Crippen molar-refractivity contribution in [3.63, 3.8) is 0 Å². The van der Waals surface area contributed by atoms with Crippen LogP contribution >= 0.6 is 15.9 Å². The lowest BCUT2D eigenvalue weighted by Crippen LogP contribution is -2.38. The van der Waals surface area contributed by atoms with Gasteiger partial charge in [-0.2, -0.15) is 5.10 Å². The number of hydrogen-bond acceptors (Lipinski definition) is 6. The van der Waals surface area contributed by atoms with Gasteiger partial charge >= 0.3 is 5.69 Å². The van der Waals surface area contributed by atoms with Crippen molar-refractivity contribution in [2.24, 2.45) is 5.10 Å². The summed E-state index contributed by atoms with van der Waals surface area (Å²) in [4.78, 5) is 36.2. The highest BCUT2D eigenvalue weighted by Crippen LogP contribution is 2.08. The number of anilines is 1. The smallest absolute Gasteiger partial charge is 0.342 e. The molecule has 0 aliphatic heterocycles. The molecule has 10 heteroatoms. The summed E-state index contributed by atoms with van der Waals surface area (Å²) in [6, 6.07) is 6.57. The van der Waals surface area contributed by atoms with Gasteiger partial charge in [0.15, 0.2) is 0 Å². The van der Waals surface area contributed by atoms with Crippen LogP contribution in [0.3, 0.4) is 0 Å². The number of nitrogens with zero attached hydrogens (tertiary/aromatic N) is 2. The Kier molecular flexibility index (Phi) is 5.41. The summed E-state index contributed by atoms with van der Waals surface area (Å²) in [6.07, 6.45) is 1.49. The Morgan fingerprint density at radius 1 is 1.35 bits per heavy atom. The minimum atomic E-state index is -0.781. The fraction of sp³-hybridized carbons (Fsp3) is 0.154. The number of hydrazone groups is 1. The average Bonchev–Trinajstić information content (AvgIpc) is 2.51. The highest BCUT2D eigenvalue weighted by atomic mass is 79.9. The van der Waals surface area contributed by atoms with E-state index in [1.165, 1.54) is 13.1 Å². The van der Waals surface area contributed by atoms with E-state index in [2.05, 4.69) is 42.0 Å². The van der Waals surface area contributed by atoms with Crippen LogP contribution in [0.25, 0.3) is 0 Å². The Morgan fingerprint density at radius 3 is 2.70 bits per heavy atom. The molecule has 4 N–H and O–H groups in total. The second-order valence-electron chi connectivity index (χ2n) is 4.51. The summed E-state index contributed by atoms with van der Waals surface area (Å²) in [5.41, 5.74) is 1.71. The molecule has 0 unspecified atom stereocenters. The highest BCUT2D eigenvalue weighted by molar-refractivity contribution is 9.10. The van der Waals surface area contributed by atoms with Crippen LogP contribution in [0.15, 0.2) is 43.4 Å². The van der Waals surface area contributed by atoms with Gasteiger partial charge in [-0.1, -0.05) is 28.1 Å². The predicted molar refractivity (Wildman–Crippen MR) is 88.4 cm³/mol. The van der Waals surface area contributed by atoms with E-state index in [9.17, 15) is 14.4 Å². The van der Waals surface area contributed by atoms with Gasteiger partial charge in [0.25, 0.3) is 11.5 Å². The van der Waals surface area contributed by atoms with Crippen LogP contribution in [0.5, 0.6) is 0 Å². The van der Waals surface area contributed by atoms with Crippen molar-refractivity contribution in [2.75, 3.05) is 5.32 Å². The molecule has 0 aliphatic carbocycles. The van der Waals surface area contributed by atoms with Crippen molar-refractivity contribution in [3.8, 4) is 0 Å². The molecule has 1 aromatic heterocycles. The Balaban J connectivity index is 1.93. The molecule has 1 atom stereocenters. The Bertz CT molecular complexity index is 827. The molecule has 120 valence electrons. The predicted octanol–water partition coefficient (Wildman–Crippen LogP) is 0.171. The number of halogens is 1. The zero-order valence-electron chi connectivity index (χ0n) is 12.0. The van der Waals surface area contributed by atoms with Crippen LogP contribution in [0.2, 0.25) is 0 Å². The molecule has 0 saturated heterocycles. The second kappa shape index (κ2) is 7.49. The number of aromatic amines is 2. The third-order valence-electron chi connectivity index (χ3n) is 2.72. The zero-order valence-corrected chi connectivity index (χ0v) is 13.5. The molecule has 0 saturated carbocycles. The van der Waals surface area contributed by atoms with E-state index in [4.69, 9.17) is 0 Å². The van der Waals surface area contributed by atoms with E-state index < -0.39 is 23.2 Å². The largest absolute Gasteiger partial charge is 0.353 e. The van der Waals surface area contributed by atoms with E-state index in [0.29, 0.717) is 0 Å². The Morgan fingerprint density at radius 2 is 2.04 bits per heavy atom. The maximum atomic E-state index is 11.9. The quantitative estimate of drug-likeness (QED) is 0.433. The summed E-state index contributed by atoms with van der Waals surface area (Å²) in [5, 5.41) is 12.0. The molecule has 0 bridgehead atoms. The molecule has 0 aliphatic rings. The van der Waals surface area contributed by atoms with Crippen LogP contribution < -0.4 is 22.0 Å². The normalized spacial score (nSPS) is 12.1. The summed E-state index contributed by atoms with van der Waals surface area (Å²) in [7, 11) is 0. The fourth-order valence-corrected chi connectivity index (χ4v) is 1.80. The maximum Gasteiger partial charge on any atom is 0.342 e. The molecule has 0 spiro atoms. The molecular weight excluding hydrogens is 368 g/mol. The number of carbonyl (C=O) groups excluding carboxylic acids is 1. The van der Waals surface area contributed by atoms with Gasteiger partial charge in [0, 0.05) is 4.47 Å². The van der Waals surface area contributed by atoms with Crippen molar-refractivity contribution < 1.29 is 4.79 Å².